The van der Waals surface area contributed by atoms with Crippen molar-refractivity contribution in [1.82, 2.24) is 0 Å². The Hall–Kier alpha value is -1.05. The van der Waals surface area contributed by atoms with Gasteiger partial charge in [0.15, 0.2) is 0 Å². The molecule has 0 unspecified atom stereocenters. The minimum absolute atomic E-state index is 0.0339. The number of allylic oxidation sites excluding steroid dienone is 1. The highest BCUT2D eigenvalue weighted by atomic mass is 16.5. The van der Waals surface area contributed by atoms with Gasteiger partial charge in [0.25, 0.3) is 0 Å². The van der Waals surface area contributed by atoms with E-state index in [1.807, 2.05) is 12.2 Å². The zero-order valence-electron chi connectivity index (χ0n) is 14.7. The van der Waals surface area contributed by atoms with Gasteiger partial charge in [-0.25, -0.2) is 0 Å². The van der Waals surface area contributed by atoms with Crippen LogP contribution in [0.1, 0.15) is 90.4 Å². The van der Waals surface area contributed by atoms with Crippen LogP contribution in [-0.4, -0.2) is 12.1 Å². The zero-order chi connectivity index (χ0) is 16.5. The lowest BCUT2D eigenvalue weighted by atomic mass is 10.1. The van der Waals surface area contributed by atoms with Crippen LogP contribution in [0, 0.1) is 0 Å². The fraction of sp³-hybridized carbons (Fsp3) is 0.750. The van der Waals surface area contributed by atoms with Gasteiger partial charge in [-0.15, -0.1) is 13.2 Å². The second-order valence-electron chi connectivity index (χ2n) is 6.08. The maximum atomic E-state index is 11.9. The van der Waals surface area contributed by atoms with Crippen LogP contribution in [0.15, 0.2) is 25.3 Å². The second kappa shape index (κ2) is 16.3. The van der Waals surface area contributed by atoms with E-state index in [-0.39, 0.29) is 12.1 Å². The molecule has 0 rings (SSSR count). The molecule has 0 aliphatic heterocycles. The van der Waals surface area contributed by atoms with Crippen molar-refractivity contribution in [3.05, 3.63) is 25.3 Å². The maximum Gasteiger partial charge on any atom is 0.306 e. The number of rotatable bonds is 16. The highest BCUT2D eigenvalue weighted by Crippen LogP contribution is 2.14. The lowest BCUT2D eigenvalue weighted by molar-refractivity contribution is -0.149. The monoisotopic (exact) mass is 308 g/mol. The molecule has 22 heavy (non-hydrogen) atoms. The maximum absolute atomic E-state index is 11.9. The normalized spacial score (nSPS) is 11.9. The van der Waals surface area contributed by atoms with E-state index in [1.54, 1.807) is 0 Å². The highest BCUT2D eigenvalue weighted by Gasteiger charge is 2.12. The van der Waals surface area contributed by atoms with Crippen molar-refractivity contribution in [3.63, 3.8) is 0 Å². The van der Waals surface area contributed by atoms with Crippen molar-refractivity contribution in [1.29, 1.82) is 0 Å². The number of hydrogen-bond acceptors (Lipinski definition) is 2. The Labute approximate surface area is 138 Å². The fourth-order valence-corrected chi connectivity index (χ4v) is 2.54. The van der Waals surface area contributed by atoms with E-state index in [9.17, 15) is 4.79 Å². The minimum atomic E-state index is -0.0339. The van der Waals surface area contributed by atoms with Gasteiger partial charge >= 0.3 is 5.97 Å². The van der Waals surface area contributed by atoms with E-state index >= 15 is 0 Å². The van der Waals surface area contributed by atoms with Crippen LogP contribution in [0.4, 0.5) is 0 Å². The molecule has 0 spiro atoms. The van der Waals surface area contributed by atoms with Crippen molar-refractivity contribution in [2.45, 2.75) is 96.5 Å². The lowest BCUT2D eigenvalue weighted by Crippen LogP contribution is -2.17. The predicted molar refractivity (Wildman–Crippen MR) is 96.0 cm³/mol. The van der Waals surface area contributed by atoms with Gasteiger partial charge in [-0.2, -0.15) is 0 Å². The summed E-state index contributed by atoms with van der Waals surface area (Å²) in [6.07, 6.45) is 17.9. The van der Waals surface area contributed by atoms with Crippen molar-refractivity contribution in [3.8, 4) is 0 Å². The molecule has 2 heteroatoms. The zero-order valence-corrected chi connectivity index (χ0v) is 14.7. The molecular weight excluding hydrogens is 272 g/mol. The van der Waals surface area contributed by atoms with E-state index in [1.165, 1.54) is 38.5 Å². The molecule has 0 aromatic heterocycles. The Morgan fingerprint density at radius 3 is 2.32 bits per heavy atom. The Balaban J connectivity index is 3.69. The van der Waals surface area contributed by atoms with Crippen LogP contribution < -0.4 is 0 Å². The van der Waals surface area contributed by atoms with Gasteiger partial charge < -0.3 is 4.74 Å². The number of ether oxygens (including phenoxy) is 1. The summed E-state index contributed by atoms with van der Waals surface area (Å²) in [5, 5.41) is 0. The van der Waals surface area contributed by atoms with Gasteiger partial charge in [0.2, 0.25) is 0 Å². The van der Waals surface area contributed by atoms with Crippen LogP contribution in [0.5, 0.6) is 0 Å². The van der Waals surface area contributed by atoms with Gasteiger partial charge in [0, 0.05) is 12.8 Å². The third kappa shape index (κ3) is 13.9. The van der Waals surface area contributed by atoms with Crippen molar-refractivity contribution in [2.24, 2.45) is 0 Å². The molecule has 0 bridgehead atoms. The van der Waals surface area contributed by atoms with Crippen LogP contribution in [0.2, 0.25) is 0 Å². The Kier molecular flexibility index (Phi) is 15.5. The van der Waals surface area contributed by atoms with Gasteiger partial charge in [0.05, 0.1) is 0 Å². The molecule has 0 heterocycles. The van der Waals surface area contributed by atoms with Crippen LogP contribution in [0.3, 0.4) is 0 Å². The van der Waals surface area contributed by atoms with Gasteiger partial charge in [-0.1, -0.05) is 57.6 Å². The van der Waals surface area contributed by atoms with Gasteiger partial charge in [-0.3, -0.25) is 4.79 Å². The Bertz CT molecular complexity index is 283. The summed E-state index contributed by atoms with van der Waals surface area (Å²) in [6, 6.07) is 0. The number of hydrogen-bond donors (Lipinski definition) is 0. The third-order valence-electron chi connectivity index (χ3n) is 3.90. The molecule has 0 saturated carbocycles. The molecule has 2 nitrogen and oxygen atoms in total. The first-order valence-electron chi connectivity index (χ1n) is 9.15. The van der Waals surface area contributed by atoms with E-state index < -0.39 is 0 Å². The first-order chi connectivity index (χ1) is 10.7. The van der Waals surface area contributed by atoms with Crippen molar-refractivity contribution in [2.75, 3.05) is 0 Å². The molecule has 0 N–H and O–H groups in total. The standard InChI is InChI=1S/C20H36O2/c1-4-7-9-11-12-13-15-18-20(21)22-19(16-6-3)17-14-10-8-5-2/h4,6,19H,1,3,5,7-18H2,2H3/t19-/m0/s1. The van der Waals surface area contributed by atoms with Crippen LogP contribution >= 0.6 is 0 Å². The summed E-state index contributed by atoms with van der Waals surface area (Å²) < 4.78 is 5.59. The quantitative estimate of drug-likeness (QED) is 0.188. The summed E-state index contributed by atoms with van der Waals surface area (Å²) in [7, 11) is 0. The Morgan fingerprint density at radius 1 is 0.955 bits per heavy atom. The number of carbonyl (C=O) groups is 1. The molecule has 0 fully saturated rings. The van der Waals surface area contributed by atoms with Crippen LogP contribution in [0.25, 0.3) is 0 Å². The molecule has 0 saturated heterocycles. The molecule has 1 atom stereocenters. The van der Waals surface area contributed by atoms with Crippen molar-refractivity contribution >= 4 is 5.97 Å². The summed E-state index contributed by atoms with van der Waals surface area (Å²) in [4.78, 5) is 11.9. The average Bonchev–Trinajstić information content (AvgIpc) is 2.51. The largest absolute Gasteiger partial charge is 0.462 e. The summed E-state index contributed by atoms with van der Waals surface area (Å²) in [5.74, 6) is -0.0339. The molecular formula is C20H36O2. The summed E-state index contributed by atoms with van der Waals surface area (Å²) >= 11 is 0. The van der Waals surface area contributed by atoms with Crippen molar-refractivity contribution < 1.29 is 9.53 Å². The van der Waals surface area contributed by atoms with Gasteiger partial charge in [-0.05, 0) is 32.1 Å². The van der Waals surface area contributed by atoms with E-state index in [2.05, 4.69) is 20.1 Å². The van der Waals surface area contributed by atoms with E-state index in [4.69, 9.17) is 4.74 Å². The summed E-state index contributed by atoms with van der Waals surface area (Å²) in [5.41, 5.74) is 0. The minimum Gasteiger partial charge on any atom is -0.462 e. The molecule has 0 aliphatic rings. The summed E-state index contributed by atoms with van der Waals surface area (Å²) in [6.45, 7) is 9.70. The molecule has 0 amide bonds. The second-order valence-corrected chi connectivity index (χ2v) is 6.08. The third-order valence-corrected chi connectivity index (χ3v) is 3.90. The Morgan fingerprint density at radius 2 is 1.64 bits per heavy atom. The lowest BCUT2D eigenvalue weighted by Gasteiger charge is -2.16. The first-order valence-corrected chi connectivity index (χ1v) is 9.15. The topological polar surface area (TPSA) is 26.3 Å². The number of esters is 1. The average molecular weight is 309 g/mol. The van der Waals surface area contributed by atoms with Crippen LogP contribution in [-0.2, 0) is 9.53 Å². The molecule has 0 radical (unpaired) electrons. The smallest absolute Gasteiger partial charge is 0.306 e. The molecule has 128 valence electrons. The molecule has 0 aliphatic carbocycles. The number of carbonyl (C=O) groups excluding carboxylic acids is 1. The fourth-order valence-electron chi connectivity index (χ4n) is 2.54. The highest BCUT2D eigenvalue weighted by molar-refractivity contribution is 5.69. The number of unbranched alkanes of at least 4 members (excludes halogenated alkanes) is 8. The first kappa shape index (κ1) is 20.9. The van der Waals surface area contributed by atoms with E-state index in [0.29, 0.717) is 6.42 Å². The molecule has 0 aromatic carbocycles. The molecule has 0 aromatic rings. The SMILES string of the molecule is C=CCCCCCCCC(=O)O[C@@H](CC=C)CCCCCC. The van der Waals surface area contributed by atoms with Gasteiger partial charge in [0.1, 0.15) is 6.10 Å². The van der Waals surface area contributed by atoms with E-state index in [0.717, 1.165) is 38.5 Å². The predicted octanol–water partition coefficient (Wildman–Crippen LogP) is 6.36.